The Morgan fingerprint density at radius 3 is 2.78 bits per heavy atom. The number of carbonyl (C=O) groups is 2. The average Bonchev–Trinajstić information content (AvgIpc) is 2.71. The Hall–Kier alpha value is -1.14. The minimum absolute atomic E-state index is 0.109. The first-order chi connectivity index (χ1) is 8.50. The Balaban J connectivity index is 2.09. The molecule has 2 saturated heterocycles. The van der Waals surface area contributed by atoms with Crippen LogP contribution in [-0.2, 0) is 9.59 Å². The first-order valence-electron chi connectivity index (χ1n) is 6.52. The highest BCUT2D eigenvalue weighted by Gasteiger charge is 2.41. The van der Waals surface area contributed by atoms with Gasteiger partial charge in [0.25, 0.3) is 0 Å². The molecule has 4 N–H and O–H groups in total. The Bertz CT molecular complexity index is 347. The van der Waals surface area contributed by atoms with Crippen LogP contribution in [-0.4, -0.2) is 53.1 Å². The predicted molar refractivity (Wildman–Crippen MR) is 65.5 cm³/mol. The molecule has 0 aromatic rings. The highest BCUT2D eigenvalue weighted by Crippen LogP contribution is 2.23. The monoisotopic (exact) mass is 255 g/mol. The van der Waals surface area contributed by atoms with Crippen molar-refractivity contribution in [1.29, 1.82) is 0 Å². The molecule has 0 spiro atoms. The minimum Gasteiger partial charge on any atom is -0.391 e. The second-order valence-electron chi connectivity index (χ2n) is 5.35. The lowest BCUT2D eigenvalue weighted by molar-refractivity contribution is -0.140. The molecule has 2 aliphatic heterocycles. The molecule has 6 nitrogen and oxygen atoms in total. The second kappa shape index (κ2) is 5.24. The molecule has 102 valence electrons. The fraction of sp³-hybridized carbons (Fsp3) is 0.833. The van der Waals surface area contributed by atoms with Crippen molar-refractivity contribution >= 4 is 11.8 Å². The van der Waals surface area contributed by atoms with E-state index in [1.54, 1.807) is 0 Å². The molecule has 2 aliphatic rings. The summed E-state index contributed by atoms with van der Waals surface area (Å²) < 4.78 is 0. The van der Waals surface area contributed by atoms with Gasteiger partial charge in [-0.1, -0.05) is 6.92 Å². The summed E-state index contributed by atoms with van der Waals surface area (Å²) in [5, 5.41) is 12.8. The van der Waals surface area contributed by atoms with Gasteiger partial charge in [0.2, 0.25) is 11.8 Å². The highest BCUT2D eigenvalue weighted by atomic mass is 16.3. The minimum atomic E-state index is -0.663. The summed E-state index contributed by atoms with van der Waals surface area (Å²) in [4.78, 5) is 25.2. The number of amides is 2. The zero-order chi connectivity index (χ0) is 13.3. The molecule has 0 radical (unpaired) electrons. The van der Waals surface area contributed by atoms with E-state index in [0.717, 1.165) is 19.4 Å². The molecule has 0 aromatic heterocycles. The topological polar surface area (TPSA) is 95.7 Å². The number of nitrogens with two attached hydrogens (primary N) is 1. The van der Waals surface area contributed by atoms with Crippen LogP contribution in [0.2, 0.25) is 0 Å². The van der Waals surface area contributed by atoms with Crippen molar-refractivity contribution in [3.8, 4) is 0 Å². The van der Waals surface area contributed by atoms with Crippen molar-refractivity contribution in [2.45, 2.75) is 44.4 Å². The molecular weight excluding hydrogens is 234 g/mol. The lowest BCUT2D eigenvalue weighted by Crippen LogP contribution is -2.55. The summed E-state index contributed by atoms with van der Waals surface area (Å²) in [5.41, 5.74) is 5.29. The second-order valence-corrected chi connectivity index (χ2v) is 5.35. The van der Waals surface area contributed by atoms with Crippen LogP contribution >= 0.6 is 0 Å². The number of nitrogens with one attached hydrogen (secondary N) is 1. The summed E-state index contributed by atoms with van der Waals surface area (Å²) in [7, 11) is 0. The molecular formula is C12H21N3O3. The zero-order valence-corrected chi connectivity index (χ0v) is 10.6. The quantitative estimate of drug-likeness (QED) is 0.579. The van der Waals surface area contributed by atoms with Crippen LogP contribution in [0.5, 0.6) is 0 Å². The van der Waals surface area contributed by atoms with Gasteiger partial charge in [-0.2, -0.15) is 0 Å². The molecule has 2 amide bonds. The lowest BCUT2D eigenvalue weighted by atomic mass is 9.91. The lowest BCUT2D eigenvalue weighted by Gasteiger charge is -2.33. The number of hydrogen-bond acceptors (Lipinski definition) is 4. The van der Waals surface area contributed by atoms with E-state index >= 15 is 0 Å². The van der Waals surface area contributed by atoms with Gasteiger partial charge in [0.1, 0.15) is 6.04 Å². The molecule has 0 bridgehead atoms. The van der Waals surface area contributed by atoms with Gasteiger partial charge in [-0.05, 0) is 25.3 Å². The van der Waals surface area contributed by atoms with Crippen LogP contribution in [0.15, 0.2) is 0 Å². The summed E-state index contributed by atoms with van der Waals surface area (Å²) >= 11 is 0. The normalized spacial score (nSPS) is 36.7. The summed E-state index contributed by atoms with van der Waals surface area (Å²) in [6, 6.07) is -0.922. The molecule has 18 heavy (non-hydrogen) atoms. The summed E-state index contributed by atoms with van der Waals surface area (Å²) in [5.74, 6) is -0.400. The number of aliphatic hydroxyl groups is 1. The number of rotatable bonds is 2. The molecule has 2 heterocycles. The number of nitrogens with zero attached hydrogens (tertiary/aromatic N) is 1. The van der Waals surface area contributed by atoms with Crippen LogP contribution in [0.4, 0.5) is 0 Å². The van der Waals surface area contributed by atoms with Gasteiger partial charge >= 0.3 is 0 Å². The van der Waals surface area contributed by atoms with Crippen molar-refractivity contribution < 1.29 is 14.7 Å². The Morgan fingerprint density at radius 1 is 1.44 bits per heavy atom. The van der Waals surface area contributed by atoms with Gasteiger partial charge in [0.05, 0.1) is 12.1 Å². The van der Waals surface area contributed by atoms with Gasteiger partial charge in [0.15, 0.2) is 0 Å². The maximum atomic E-state index is 12.4. The number of primary amides is 1. The van der Waals surface area contributed by atoms with E-state index in [9.17, 15) is 14.7 Å². The molecule has 0 aliphatic carbocycles. The third kappa shape index (κ3) is 2.49. The van der Waals surface area contributed by atoms with E-state index in [2.05, 4.69) is 5.32 Å². The third-order valence-corrected chi connectivity index (χ3v) is 3.93. The van der Waals surface area contributed by atoms with Gasteiger partial charge in [-0.3, -0.25) is 9.59 Å². The van der Waals surface area contributed by atoms with Crippen molar-refractivity contribution in [2.75, 3.05) is 13.1 Å². The SMILES string of the molecule is CC1CCCNC1C(=O)N1CC(O)CC1C(N)=O. The number of piperidine rings is 1. The van der Waals surface area contributed by atoms with E-state index in [0.29, 0.717) is 0 Å². The number of hydrogen-bond donors (Lipinski definition) is 3. The fourth-order valence-electron chi connectivity index (χ4n) is 2.89. The molecule has 4 unspecified atom stereocenters. The van der Waals surface area contributed by atoms with Gasteiger partial charge in [-0.25, -0.2) is 0 Å². The summed E-state index contributed by atoms with van der Waals surface area (Å²) in [6.07, 6.45) is 1.67. The smallest absolute Gasteiger partial charge is 0.240 e. The molecule has 6 heteroatoms. The fourth-order valence-corrected chi connectivity index (χ4v) is 2.89. The Morgan fingerprint density at radius 2 is 2.17 bits per heavy atom. The van der Waals surface area contributed by atoms with Gasteiger partial charge in [0, 0.05) is 13.0 Å². The van der Waals surface area contributed by atoms with Crippen LogP contribution in [0.3, 0.4) is 0 Å². The van der Waals surface area contributed by atoms with Gasteiger partial charge < -0.3 is 21.1 Å². The molecule has 4 atom stereocenters. The number of aliphatic hydroxyl groups excluding tert-OH is 1. The maximum Gasteiger partial charge on any atom is 0.240 e. The molecule has 0 aromatic carbocycles. The van der Waals surface area contributed by atoms with E-state index in [1.165, 1.54) is 4.90 Å². The average molecular weight is 255 g/mol. The standard InChI is InChI=1S/C12H21N3O3/c1-7-3-2-4-14-10(7)12(18)15-6-8(16)5-9(15)11(13)17/h7-10,14,16H,2-6H2,1H3,(H2,13,17). The van der Waals surface area contributed by atoms with E-state index < -0.39 is 18.1 Å². The van der Waals surface area contributed by atoms with E-state index in [4.69, 9.17) is 5.73 Å². The largest absolute Gasteiger partial charge is 0.391 e. The van der Waals surface area contributed by atoms with Crippen molar-refractivity contribution in [3.63, 3.8) is 0 Å². The van der Waals surface area contributed by atoms with Crippen LogP contribution < -0.4 is 11.1 Å². The van der Waals surface area contributed by atoms with E-state index in [-0.39, 0.29) is 30.8 Å². The van der Waals surface area contributed by atoms with E-state index in [1.807, 2.05) is 6.92 Å². The predicted octanol–water partition coefficient (Wildman–Crippen LogP) is -1.18. The number of β-amino-alcohol motifs (C(OH)–C–C–N with tert-alkyl or cyclic N) is 1. The van der Waals surface area contributed by atoms with Crippen molar-refractivity contribution in [2.24, 2.45) is 11.7 Å². The molecule has 2 rings (SSSR count). The first-order valence-corrected chi connectivity index (χ1v) is 6.52. The summed E-state index contributed by atoms with van der Waals surface area (Å²) in [6.45, 7) is 3.05. The maximum absolute atomic E-state index is 12.4. The van der Waals surface area contributed by atoms with Gasteiger partial charge in [-0.15, -0.1) is 0 Å². The van der Waals surface area contributed by atoms with Crippen LogP contribution in [0, 0.1) is 5.92 Å². The van der Waals surface area contributed by atoms with Crippen LogP contribution in [0.25, 0.3) is 0 Å². The Labute approximate surface area is 107 Å². The van der Waals surface area contributed by atoms with Crippen LogP contribution in [0.1, 0.15) is 26.2 Å². The van der Waals surface area contributed by atoms with Crippen molar-refractivity contribution in [1.82, 2.24) is 10.2 Å². The molecule has 2 fully saturated rings. The Kier molecular flexibility index (Phi) is 3.87. The third-order valence-electron chi connectivity index (χ3n) is 3.93. The highest BCUT2D eigenvalue weighted by molar-refractivity contribution is 5.90. The first kappa shape index (κ1) is 13.3. The number of carbonyl (C=O) groups excluding carboxylic acids is 2. The zero-order valence-electron chi connectivity index (χ0n) is 10.6. The van der Waals surface area contributed by atoms with Crippen molar-refractivity contribution in [3.05, 3.63) is 0 Å². The number of likely N-dealkylation sites (tertiary alicyclic amines) is 1. The molecule has 0 saturated carbocycles.